The molecule has 2 aromatic carbocycles. The van der Waals surface area contributed by atoms with Gasteiger partial charge < -0.3 is 16.8 Å². The first-order valence-electron chi connectivity index (χ1n) is 5.15. The highest BCUT2D eigenvalue weighted by Gasteiger charge is 2.16. The third kappa shape index (κ3) is 2.53. The molecule has 7 heteroatoms. The molecule has 0 heterocycles. The van der Waals surface area contributed by atoms with Crippen LogP contribution in [0.5, 0.6) is 0 Å². The fraction of sp³-hybridized carbons (Fsp3) is 0. The Morgan fingerprint density at radius 1 is 1.00 bits per heavy atom. The summed E-state index contributed by atoms with van der Waals surface area (Å²) >= 11 is 5.63. The third-order valence-electron chi connectivity index (χ3n) is 2.45. The van der Waals surface area contributed by atoms with Crippen molar-refractivity contribution in [3.05, 3.63) is 46.7 Å². The summed E-state index contributed by atoms with van der Waals surface area (Å²) in [5.74, 6) is -2.36. The number of nitrogens with one attached hydrogen (secondary N) is 1. The first-order valence-corrected chi connectivity index (χ1v) is 5.53. The van der Waals surface area contributed by atoms with Crippen LogP contribution in [0.25, 0.3) is 0 Å². The molecular weight excluding hydrogens is 279 g/mol. The molecule has 0 radical (unpaired) electrons. The molecule has 0 aromatic heterocycles. The molecule has 0 aliphatic heterocycles. The van der Waals surface area contributed by atoms with Gasteiger partial charge in [-0.1, -0.05) is 11.6 Å². The molecule has 3 nitrogen and oxygen atoms in total. The Hall–Kier alpha value is -2.08. The first-order chi connectivity index (χ1) is 8.90. The standard InChI is InChI=1S/C12H9ClF3N3/c13-10-7(17)4-8(18)12(11(10)16)19-9-3-5(14)1-2-6(9)15/h1-4,19H,17-18H2. The van der Waals surface area contributed by atoms with Gasteiger partial charge in [0.1, 0.15) is 16.7 Å². The lowest BCUT2D eigenvalue weighted by atomic mass is 10.2. The molecule has 0 saturated heterocycles. The van der Waals surface area contributed by atoms with Crippen molar-refractivity contribution in [3.8, 4) is 0 Å². The zero-order valence-electron chi connectivity index (χ0n) is 9.48. The molecule has 2 rings (SSSR count). The number of anilines is 4. The Morgan fingerprint density at radius 3 is 2.37 bits per heavy atom. The van der Waals surface area contributed by atoms with E-state index < -0.39 is 17.5 Å². The van der Waals surface area contributed by atoms with Crippen LogP contribution in [0.2, 0.25) is 5.02 Å². The largest absolute Gasteiger partial charge is 0.397 e. The minimum atomic E-state index is -0.928. The van der Waals surface area contributed by atoms with Crippen molar-refractivity contribution in [3.63, 3.8) is 0 Å². The lowest BCUT2D eigenvalue weighted by Crippen LogP contribution is -2.04. The van der Waals surface area contributed by atoms with Crippen molar-refractivity contribution in [1.29, 1.82) is 0 Å². The predicted octanol–water partition coefficient (Wildman–Crippen LogP) is 3.67. The van der Waals surface area contributed by atoms with Crippen LogP contribution < -0.4 is 16.8 Å². The molecule has 0 fully saturated rings. The zero-order valence-corrected chi connectivity index (χ0v) is 10.2. The normalized spacial score (nSPS) is 10.5. The van der Waals surface area contributed by atoms with Gasteiger partial charge >= 0.3 is 0 Å². The summed E-state index contributed by atoms with van der Waals surface area (Å²) in [6.45, 7) is 0. The quantitative estimate of drug-likeness (QED) is 0.739. The van der Waals surface area contributed by atoms with E-state index in [0.29, 0.717) is 0 Å². The number of nitrogen functional groups attached to an aromatic ring is 2. The van der Waals surface area contributed by atoms with Crippen molar-refractivity contribution in [2.45, 2.75) is 0 Å². The predicted molar refractivity (Wildman–Crippen MR) is 69.9 cm³/mol. The number of rotatable bonds is 2. The van der Waals surface area contributed by atoms with E-state index in [-0.39, 0.29) is 27.8 Å². The van der Waals surface area contributed by atoms with E-state index >= 15 is 0 Å². The van der Waals surface area contributed by atoms with Crippen LogP contribution in [0.3, 0.4) is 0 Å². The molecule has 19 heavy (non-hydrogen) atoms. The number of halogens is 4. The second kappa shape index (κ2) is 4.89. The van der Waals surface area contributed by atoms with Crippen LogP contribution in [-0.2, 0) is 0 Å². The van der Waals surface area contributed by atoms with Crippen LogP contribution in [0.15, 0.2) is 24.3 Å². The molecule has 0 spiro atoms. The van der Waals surface area contributed by atoms with Gasteiger partial charge in [-0.15, -0.1) is 0 Å². The van der Waals surface area contributed by atoms with Crippen molar-refractivity contribution in [1.82, 2.24) is 0 Å². The minimum Gasteiger partial charge on any atom is -0.397 e. The summed E-state index contributed by atoms with van der Waals surface area (Å²) in [7, 11) is 0. The highest BCUT2D eigenvalue weighted by molar-refractivity contribution is 6.33. The molecule has 0 amide bonds. The van der Waals surface area contributed by atoms with Crippen molar-refractivity contribution >= 4 is 34.4 Å². The van der Waals surface area contributed by atoms with Crippen LogP contribution in [-0.4, -0.2) is 0 Å². The third-order valence-corrected chi connectivity index (χ3v) is 2.84. The van der Waals surface area contributed by atoms with Crippen LogP contribution in [0, 0.1) is 17.5 Å². The zero-order chi connectivity index (χ0) is 14.2. The van der Waals surface area contributed by atoms with Crippen LogP contribution in [0.1, 0.15) is 0 Å². The molecule has 100 valence electrons. The lowest BCUT2D eigenvalue weighted by molar-refractivity contribution is 0.602. The second-order valence-electron chi connectivity index (χ2n) is 3.81. The van der Waals surface area contributed by atoms with Crippen molar-refractivity contribution < 1.29 is 13.2 Å². The first kappa shape index (κ1) is 13.4. The van der Waals surface area contributed by atoms with Crippen LogP contribution in [0.4, 0.5) is 35.9 Å². The molecule has 5 N–H and O–H groups in total. The summed E-state index contributed by atoms with van der Waals surface area (Å²) < 4.78 is 40.3. The Balaban J connectivity index is 2.49. The summed E-state index contributed by atoms with van der Waals surface area (Å²) in [5, 5.41) is 2.02. The number of nitrogens with two attached hydrogens (primary N) is 2. The Kier molecular flexibility index (Phi) is 3.44. The molecule has 0 aliphatic carbocycles. The van der Waals surface area contributed by atoms with E-state index in [4.69, 9.17) is 23.1 Å². The van der Waals surface area contributed by atoms with Gasteiger partial charge in [0.25, 0.3) is 0 Å². The molecule has 0 atom stereocenters. The molecule has 0 bridgehead atoms. The van der Waals surface area contributed by atoms with Crippen molar-refractivity contribution in [2.24, 2.45) is 0 Å². The molecule has 0 unspecified atom stereocenters. The number of benzene rings is 2. The van der Waals surface area contributed by atoms with Gasteiger partial charge in [-0.2, -0.15) is 0 Å². The molecular formula is C12H9ClF3N3. The minimum absolute atomic E-state index is 0.0399. The van der Waals surface area contributed by atoms with E-state index in [1.54, 1.807) is 0 Å². The van der Waals surface area contributed by atoms with Gasteiger partial charge in [0.2, 0.25) is 0 Å². The van der Waals surface area contributed by atoms with Gasteiger partial charge in [-0.3, -0.25) is 0 Å². The van der Waals surface area contributed by atoms with E-state index in [1.807, 2.05) is 0 Å². The summed E-state index contributed by atoms with van der Waals surface area (Å²) in [6, 6.07) is 3.95. The summed E-state index contributed by atoms with van der Waals surface area (Å²) in [6.07, 6.45) is 0. The maximum absolute atomic E-state index is 13.9. The molecule has 2 aromatic rings. The van der Waals surface area contributed by atoms with Gasteiger partial charge in [-0.05, 0) is 18.2 Å². The fourth-order valence-electron chi connectivity index (χ4n) is 1.52. The maximum Gasteiger partial charge on any atom is 0.169 e. The second-order valence-corrected chi connectivity index (χ2v) is 4.19. The SMILES string of the molecule is Nc1cc(N)c(Nc2cc(F)ccc2F)c(F)c1Cl. The number of hydrogen-bond acceptors (Lipinski definition) is 3. The van der Waals surface area contributed by atoms with E-state index in [9.17, 15) is 13.2 Å². The highest BCUT2D eigenvalue weighted by atomic mass is 35.5. The lowest BCUT2D eigenvalue weighted by Gasteiger charge is -2.13. The summed E-state index contributed by atoms with van der Waals surface area (Å²) in [5.41, 5.74) is 10.4. The monoisotopic (exact) mass is 287 g/mol. The average Bonchev–Trinajstić information content (AvgIpc) is 2.36. The summed E-state index contributed by atoms with van der Waals surface area (Å²) in [4.78, 5) is 0. The Bertz CT molecular complexity index is 647. The van der Waals surface area contributed by atoms with E-state index in [0.717, 1.165) is 18.2 Å². The topological polar surface area (TPSA) is 64.1 Å². The molecule has 0 aliphatic rings. The van der Waals surface area contributed by atoms with Gasteiger partial charge in [-0.25, -0.2) is 13.2 Å². The fourth-order valence-corrected chi connectivity index (χ4v) is 1.67. The average molecular weight is 288 g/mol. The van der Waals surface area contributed by atoms with Crippen molar-refractivity contribution in [2.75, 3.05) is 16.8 Å². The van der Waals surface area contributed by atoms with Crippen LogP contribution >= 0.6 is 11.6 Å². The number of hydrogen-bond donors (Lipinski definition) is 3. The van der Waals surface area contributed by atoms with Gasteiger partial charge in [0.15, 0.2) is 5.82 Å². The Morgan fingerprint density at radius 2 is 1.68 bits per heavy atom. The smallest absolute Gasteiger partial charge is 0.169 e. The van der Waals surface area contributed by atoms with Gasteiger partial charge in [0, 0.05) is 6.07 Å². The molecule has 0 saturated carbocycles. The maximum atomic E-state index is 13.9. The van der Waals surface area contributed by atoms with E-state index in [1.165, 1.54) is 6.07 Å². The van der Waals surface area contributed by atoms with Gasteiger partial charge in [0.05, 0.1) is 22.7 Å². The Labute approximate surface area is 112 Å². The highest BCUT2D eigenvalue weighted by Crippen LogP contribution is 2.35. The van der Waals surface area contributed by atoms with E-state index in [2.05, 4.69) is 5.32 Å².